The van der Waals surface area contributed by atoms with Crippen LogP contribution in [0, 0.1) is 5.92 Å². The van der Waals surface area contributed by atoms with Crippen molar-refractivity contribution in [3.05, 3.63) is 29.8 Å². The molecule has 1 aromatic carbocycles. The van der Waals surface area contributed by atoms with E-state index in [4.69, 9.17) is 0 Å². The number of nitrogens with zero attached hydrogens (tertiary/aromatic N) is 1. The van der Waals surface area contributed by atoms with Crippen LogP contribution >= 0.6 is 11.8 Å². The number of likely N-dealkylation sites (tertiary alicyclic amines) is 1. The molecule has 0 N–H and O–H groups in total. The Balaban J connectivity index is 1.91. The Morgan fingerprint density at radius 1 is 1.24 bits per heavy atom. The summed E-state index contributed by atoms with van der Waals surface area (Å²) in [6, 6.07) is 7.56. The molecule has 0 bridgehead atoms. The third kappa shape index (κ3) is 6.61. The van der Waals surface area contributed by atoms with Crippen LogP contribution in [0.5, 0.6) is 0 Å². The molecule has 1 aliphatic heterocycles. The highest BCUT2D eigenvalue weighted by Crippen LogP contribution is 2.30. The lowest BCUT2D eigenvalue weighted by atomic mass is 9.88. The largest absolute Gasteiger partial charge is 0.303 e. The minimum Gasteiger partial charge on any atom is -0.303 e. The summed E-state index contributed by atoms with van der Waals surface area (Å²) in [6.45, 7) is 5.78. The van der Waals surface area contributed by atoms with E-state index < -0.39 is 9.84 Å². The summed E-state index contributed by atoms with van der Waals surface area (Å²) in [7, 11) is -3.12. The molecule has 0 aromatic heterocycles. The minimum absolute atomic E-state index is 0.451. The maximum atomic E-state index is 11.8. The minimum atomic E-state index is -3.12. The Bertz CT molecular complexity index is 622. The number of hydrogen-bond acceptors (Lipinski definition) is 4. The third-order valence-corrected chi connectivity index (χ3v) is 7.04. The van der Waals surface area contributed by atoms with Gasteiger partial charge in [-0.1, -0.05) is 25.5 Å². The summed E-state index contributed by atoms with van der Waals surface area (Å²) < 4.78 is 23.6. The molecule has 0 saturated carbocycles. The number of benzene rings is 1. The molecule has 5 heteroatoms. The van der Waals surface area contributed by atoms with Gasteiger partial charge < -0.3 is 4.90 Å². The van der Waals surface area contributed by atoms with Crippen molar-refractivity contribution in [2.24, 2.45) is 5.92 Å². The number of piperidine rings is 1. The highest BCUT2D eigenvalue weighted by atomic mass is 32.2. The first-order valence-electron chi connectivity index (χ1n) is 9.45. The summed E-state index contributed by atoms with van der Waals surface area (Å²) >= 11 is 1.95. The van der Waals surface area contributed by atoms with Crippen molar-refractivity contribution >= 4 is 21.6 Å². The molecule has 1 aromatic rings. The fourth-order valence-corrected chi connectivity index (χ4v) is 5.08. The Labute approximate surface area is 158 Å². The third-order valence-electron chi connectivity index (χ3n) is 5.29. The molecule has 3 nitrogen and oxygen atoms in total. The number of hydrogen-bond donors (Lipinski definition) is 0. The SMILES string of the molecule is CCCC(CCSC)CN1CCC(c2cccc(S(C)(=O)=O)c2)CC1. The molecule has 0 aliphatic carbocycles. The predicted molar refractivity (Wildman–Crippen MR) is 109 cm³/mol. The van der Waals surface area contributed by atoms with Crippen molar-refractivity contribution in [3.8, 4) is 0 Å². The molecule has 25 heavy (non-hydrogen) atoms. The van der Waals surface area contributed by atoms with E-state index >= 15 is 0 Å². The van der Waals surface area contributed by atoms with Crippen molar-refractivity contribution in [1.29, 1.82) is 0 Å². The van der Waals surface area contributed by atoms with E-state index in [0.29, 0.717) is 10.8 Å². The van der Waals surface area contributed by atoms with Crippen LogP contribution in [0.3, 0.4) is 0 Å². The summed E-state index contributed by atoms with van der Waals surface area (Å²) in [4.78, 5) is 3.07. The maximum absolute atomic E-state index is 11.8. The average Bonchev–Trinajstić information content (AvgIpc) is 2.60. The van der Waals surface area contributed by atoms with Crippen LogP contribution < -0.4 is 0 Å². The first kappa shape index (κ1) is 20.8. The van der Waals surface area contributed by atoms with Crippen LogP contribution in [0.1, 0.15) is 50.5 Å². The molecule has 0 radical (unpaired) electrons. The second kappa shape index (κ2) is 9.98. The van der Waals surface area contributed by atoms with Gasteiger partial charge in [-0.2, -0.15) is 11.8 Å². The van der Waals surface area contributed by atoms with E-state index in [0.717, 1.165) is 31.8 Å². The maximum Gasteiger partial charge on any atom is 0.175 e. The molecule has 1 aliphatic rings. The van der Waals surface area contributed by atoms with Crippen LogP contribution in [-0.2, 0) is 9.84 Å². The fourth-order valence-electron chi connectivity index (χ4n) is 3.83. The molecule has 1 saturated heterocycles. The van der Waals surface area contributed by atoms with Gasteiger partial charge in [0.2, 0.25) is 0 Å². The highest BCUT2D eigenvalue weighted by Gasteiger charge is 2.23. The van der Waals surface area contributed by atoms with Crippen LogP contribution in [-0.4, -0.2) is 51.2 Å². The standard InChI is InChI=1S/C20H33NO2S2/c1-4-6-17(11-14-24-2)16-21-12-9-18(10-13-21)19-7-5-8-20(15-19)25(3,22)23/h5,7-8,15,17-18H,4,6,9-14,16H2,1-3H3. The Morgan fingerprint density at radius 3 is 2.56 bits per heavy atom. The lowest BCUT2D eigenvalue weighted by molar-refractivity contribution is 0.176. The number of thioether (sulfide) groups is 1. The smallest absolute Gasteiger partial charge is 0.175 e. The normalized spacial score (nSPS) is 18.4. The summed E-state index contributed by atoms with van der Waals surface area (Å²) in [6.07, 6.45) is 9.68. The molecule has 0 amide bonds. The Kier molecular flexibility index (Phi) is 8.30. The molecule has 1 atom stereocenters. The van der Waals surface area contributed by atoms with E-state index in [2.05, 4.69) is 24.1 Å². The fraction of sp³-hybridized carbons (Fsp3) is 0.700. The number of rotatable bonds is 9. The van der Waals surface area contributed by atoms with Gasteiger partial charge in [0.15, 0.2) is 9.84 Å². The summed E-state index contributed by atoms with van der Waals surface area (Å²) in [5.41, 5.74) is 1.19. The molecule has 1 fully saturated rings. The van der Waals surface area contributed by atoms with E-state index in [1.54, 1.807) is 6.07 Å². The van der Waals surface area contributed by atoms with Gasteiger partial charge in [-0.05, 0) is 80.3 Å². The molecule has 0 spiro atoms. The number of sulfone groups is 1. The van der Waals surface area contributed by atoms with Crippen LogP contribution in [0.15, 0.2) is 29.2 Å². The Morgan fingerprint density at radius 2 is 1.96 bits per heavy atom. The van der Waals surface area contributed by atoms with E-state index in [1.807, 2.05) is 23.9 Å². The second-order valence-electron chi connectivity index (χ2n) is 7.36. The van der Waals surface area contributed by atoms with Crippen molar-refractivity contribution in [3.63, 3.8) is 0 Å². The molecular formula is C20H33NO2S2. The van der Waals surface area contributed by atoms with Crippen molar-refractivity contribution in [2.75, 3.05) is 37.9 Å². The first-order chi connectivity index (χ1) is 11.9. The highest BCUT2D eigenvalue weighted by molar-refractivity contribution is 7.98. The van der Waals surface area contributed by atoms with E-state index in [9.17, 15) is 8.42 Å². The molecule has 1 unspecified atom stereocenters. The average molecular weight is 384 g/mol. The van der Waals surface area contributed by atoms with Crippen LogP contribution in [0.2, 0.25) is 0 Å². The van der Waals surface area contributed by atoms with Gasteiger partial charge in [-0.3, -0.25) is 0 Å². The molecular weight excluding hydrogens is 350 g/mol. The molecule has 2 rings (SSSR count). The van der Waals surface area contributed by atoms with Crippen molar-refractivity contribution < 1.29 is 8.42 Å². The van der Waals surface area contributed by atoms with Crippen molar-refractivity contribution in [2.45, 2.75) is 49.8 Å². The van der Waals surface area contributed by atoms with Gasteiger partial charge in [-0.25, -0.2) is 8.42 Å². The van der Waals surface area contributed by atoms with Crippen LogP contribution in [0.4, 0.5) is 0 Å². The summed E-state index contributed by atoms with van der Waals surface area (Å²) in [5.74, 6) is 2.58. The monoisotopic (exact) mass is 383 g/mol. The van der Waals surface area contributed by atoms with Gasteiger partial charge in [0.05, 0.1) is 4.90 Å². The first-order valence-corrected chi connectivity index (χ1v) is 12.7. The van der Waals surface area contributed by atoms with Gasteiger partial charge in [-0.15, -0.1) is 0 Å². The van der Waals surface area contributed by atoms with Gasteiger partial charge >= 0.3 is 0 Å². The molecule has 142 valence electrons. The predicted octanol–water partition coefficient (Wildman–Crippen LogP) is 4.44. The Hall–Kier alpha value is -0.520. The van der Waals surface area contributed by atoms with Gasteiger partial charge in [0.1, 0.15) is 0 Å². The van der Waals surface area contributed by atoms with Crippen molar-refractivity contribution in [1.82, 2.24) is 4.90 Å². The molecule has 1 heterocycles. The lowest BCUT2D eigenvalue weighted by Crippen LogP contribution is -2.36. The van der Waals surface area contributed by atoms with Gasteiger partial charge in [0.25, 0.3) is 0 Å². The topological polar surface area (TPSA) is 37.4 Å². The van der Waals surface area contributed by atoms with E-state index in [-0.39, 0.29) is 0 Å². The quantitative estimate of drug-likeness (QED) is 0.632. The zero-order valence-corrected chi connectivity index (χ0v) is 17.5. The summed E-state index contributed by atoms with van der Waals surface area (Å²) in [5, 5.41) is 0. The van der Waals surface area contributed by atoms with E-state index in [1.165, 1.54) is 43.4 Å². The zero-order chi connectivity index (χ0) is 18.3. The lowest BCUT2D eigenvalue weighted by Gasteiger charge is -2.34. The zero-order valence-electron chi connectivity index (χ0n) is 15.9. The second-order valence-corrected chi connectivity index (χ2v) is 10.4. The van der Waals surface area contributed by atoms with Gasteiger partial charge in [0, 0.05) is 12.8 Å². The van der Waals surface area contributed by atoms with Crippen LogP contribution in [0.25, 0.3) is 0 Å².